The molecule has 2 N–H and O–H groups in total. The molecular weight excluding hydrogens is 448 g/mol. The Morgan fingerprint density at radius 3 is 2.41 bits per heavy atom. The number of primary amides is 1. The first-order chi connectivity index (χ1) is 15.1. The molecule has 0 aliphatic carbocycles. The monoisotopic (exact) mass is 476 g/mol. The third kappa shape index (κ3) is 6.16. The second kappa shape index (κ2) is 11.2. The maximum Gasteiger partial charge on any atom is 0.264 e. The van der Waals surface area contributed by atoms with Crippen molar-refractivity contribution in [1.29, 1.82) is 5.26 Å². The number of nitrogens with two attached hydrogens (primary N) is 1. The zero-order chi connectivity index (χ0) is 23.9. The van der Waals surface area contributed by atoms with Crippen molar-refractivity contribution in [3.05, 3.63) is 52.2 Å². The van der Waals surface area contributed by atoms with Crippen LogP contribution in [0.2, 0.25) is 0 Å². The third-order valence-corrected chi connectivity index (χ3v) is 7.73. The van der Waals surface area contributed by atoms with E-state index in [0.29, 0.717) is 17.7 Å². The third-order valence-electron chi connectivity index (χ3n) is 4.96. The van der Waals surface area contributed by atoms with Gasteiger partial charge in [-0.1, -0.05) is 32.0 Å². The Morgan fingerprint density at radius 1 is 1.16 bits per heavy atom. The summed E-state index contributed by atoms with van der Waals surface area (Å²) in [6.45, 7) is 4.15. The number of hydrogen-bond acceptors (Lipinski definition) is 6. The van der Waals surface area contributed by atoms with Gasteiger partial charge in [-0.3, -0.25) is 9.59 Å². The highest BCUT2D eigenvalue weighted by Gasteiger charge is 2.30. The van der Waals surface area contributed by atoms with E-state index in [1.807, 2.05) is 19.9 Å². The average Bonchev–Trinajstić information content (AvgIpc) is 3.29. The molecule has 10 heteroatoms. The summed E-state index contributed by atoms with van der Waals surface area (Å²) in [6.07, 6.45) is 0.708. The Balaban J connectivity index is 2.19. The molecule has 2 amide bonds. The molecule has 0 saturated heterocycles. The van der Waals surface area contributed by atoms with Gasteiger partial charge in [0.1, 0.15) is 12.1 Å². The molecule has 1 atom stereocenters. The SMILES string of the molecule is CC(C)C[C@@H](C(N)=O)N(CCCN(C)S(=O)(=O)c1ccccc1C#N)C(=O)c1cccs1. The number of thiophene rings is 1. The molecule has 1 aromatic carbocycles. The topological polar surface area (TPSA) is 125 Å². The molecule has 172 valence electrons. The summed E-state index contributed by atoms with van der Waals surface area (Å²) in [6, 6.07) is 10.6. The van der Waals surface area contributed by atoms with Gasteiger partial charge in [0.15, 0.2) is 0 Å². The van der Waals surface area contributed by atoms with E-state index >= 15 is 0 Å². The van der Waals surface area contributed by atoms with Crippen LogP contribution < -0.4 is 5.73 Å². The van der Waals surface area contributed by atoms with Crippen molar-refractivity contribution < 1.29 is 18.0 Å². The number of amides is 2. The highest BCUT2D eigenvalue weighted by molar-refractivity contribution is 7.89. The van der Waals surface area contributed by atoms with Gasteiger partial charge in [-0.05, 0) is 42.3 Å². The van der Waals surface area contributed by atoms with Gasteiger partial charge in [0.05, 0.1) is 15.3 Å². The first kappa shape index (κ1) is 25.5. The normalized spacial score (nSPS) is 12.5. The van der Waals surface area contributed by atoms with E-state index in [1.165, 1.54) is 35.4 Å². The van der Waals surface area contributed by atoms with Gasteiger partial charge in [0.25, 0.3) is 5.91 Å². The summed E-state index contributed by atoms with van der Waals surface area (Å²) < 4.78 is 27.0. The fraction of sp³-hybridized carbons (Fsp3) is 0.409. The standard InChI is InChI=1S/C22H28N4O4S2/c1-16(2)14-18(21(24)27)26(22(28)19-9-6-13-31-19)12-7-11-25(3)32(29,30)20-10-5-4-8-17(20)15-23/h4-6,8-10,13,16,18H,7,11-12,14H2,1-3H3,(H2,24,27)/t18-/m0/s1. The minimum atomic E-state index is -3.88. The molecule has 8 nitrogen and oxygen atoms in total. The molecule has 32 heavy (non-hydrogen) atoms. The number of sulfonamides is 1. The fourth-order valence-electron chi connectivity index (χ4n) is 3.32. The minimum Gasteiger partial charge on any atom is -0.368 e. The van der Waals surface area contributed by atoms with E-state index in [1.54, 1.807) is 29.6 Å². The predicted octanol–water partition coefficient (Wildman–Crippen LogP) is 2.67. The van der Waals surface area contributed by atoms with Crippen molar-refractivity contribution in [2.75, 3.05) is 20.1 Å². The summed E-state index contributed by atoms with van der Waals surface area (Å²) in [5.74, 6) is -0.756. The summed E-state index contributed by atoms with van der Waals surface area (Å²) in [7, 11) is -2.46. The van der Waals surface area contributed by atoms with Crippen LogP contribution in [-0.2, 0) is 14.8 Å². The maximum absolute atomic E-state index is 13.1. The van der Waals surface area contributed by atoms with Crippen molar-refractivity contribution in [1.82, 2.24) is 9.21 Å². The fourth-order valence-corrected chi connectivity index (χ4v) is 5.35. The summed E-state index contributed by atoms with van der Waals surface area (Å²) in [5.41, 5.74) is 5.69. The first-order valence-electron chi connectivity index (χ1n) is 10.2. The van der Waals surface area contributed by atoms with Crippen LogP contribution in [0, 0.1) is 17.2 Å². The number of hydrogen-bond donors (Lipinski definition) is 1. The van der Waals surface area contributed by atoms with Crippen molar-refractivity contribution in [2.45, 2.75) is 37.6 Å². The molecule has 0 aliphatic rings. The predicted molar refractivity (Wildman–Crippen MR) is 123 cm³/mol. The van der Waals surface area contributed by atoms with E-state index in [4.69, 9.17) is 5.73 Å². The van der Waals surface area contributed by atoms with Crippen molar-refractivity contribution in [3.8, 4) is 6.07 Å². The van der Waals surface area contributed by atoms with Gasteiger partial charge in [0, 0.05) is 20.1 Å². The van der Waals surface area contributed by atoms with Gasteiger partial charge >= 0.3 is 0 Å². The lowest BCUT2D eigenvalue weighted by Crippen LogP contribution is -2.49. The summed E-state index contributed by atoms with van der Waals surface area (Å²) in [5, 5.41) is 11.0. The second-order valence-electron chi connectivity index (χ2n) is 7.81. The number of benzene rings is 1. The van der Waals surface area contributed by atoms with Crippen LogP contribution in [-0.4, -0.2) is 55.6 Å². The van der Waals surface area contributed by atoms with Gasteiger partial charge in [-0.25, -0.2) is 12.7 Å². The van der Waals surface area contributed by atoms with Crippen molar-refractivity contribution in [3.63, 3.8) is 0 Å². The average molecular weight is 477 g/mol. The molecule has 1 heterocycles. The summed E-state index contributed by atoms with van der Waals surface area (Å²) >= 11 is 1.27. The Kier molecular flexibility index (Phi) is 8.95. The van der Waals surface area contributed by atoms with Crippen LogP contribution in [0.15, 0.2) is 46.7 Å². The molecule has 1 aromatic heterocycles. The zero-order valence-corrected chi connectivity index (χ0v) is 20.0. The molecule has 0 radical (unpaired) electrons. The van der Waals surface area contributed by atoms with E-state index in [9.17, 15) is 23.3 Å². The highest BCUT2D eigenvalue weighted by atomic mass is 32.2. The number of rotatable bonds is 11. The van der Waals surface area contributed by atoms with Crippen molar-refractivity contribution in [2.24, 2.45) is 11.7 Å². The maximum atomic E-state index is 13.1. The number of carbonyl (C=O) groups is 2. The lowest BCUT2D eigenvalue weighted by molar-refractivity contribution is -0.123. The Hall–Kier alpha value is -2.74. The van der Waals surface area contributed by atoms with Crippen LogP contribution in [0.5, 0.6) is 0 Å². The van der Waals surface area contributed by atoms with E-state index in [0.717, 1.165) is 4.31 Å². The van der Waals surface area contributed by atoms with Crippen LogP contribution in [0.25, 0.3) is 0 Å². The van der Waals surface area contributed by atoms with Gasteiger partial charge in [-0.15, -0.1) is 11.3 Å². The Bertz CT molecular complexity index is 1080. The highest BCUT2D eigenvalue weighted by Crippen LogP contribution is 2.21. The van der Waals surface area contributed by atoms with Crippen LogP contribution in [0.3, 0.4) is 0 Å². The smallest absolute Gasteiger partial charge is 0.264 e. The van der Waals surface area contributed by atoms with Gasteiger partial charge in [-0.2, -0.15) is 5.26 Å². The van der Waals surface area contributed by atoms with Crippen molar-refractivity contribution >= 4 is 33.2 Å². The molecule has 0 spiro atoms. The largest absolute Gasteiger partial charge is 0.368 e. The molecule has 2 aromatic rings. The number of carbonyl (C=O) groups excluding carboxylic acids is 2. The van der Waals surface area contributed by atoms with Crippen LogP contribution >= 0.6 is 11.3 Å². The number of nitrogens with zero attached hydrogens (tertiary/aromatic N) is 3. The first-order valence-corrected chi connectivity index (χ1v) is 12.5. The van der Waals surface area contributed by atoms with Crippen LogP contribution in [0.4, 0.5) is 0 Å². The Morgan fingerprint density at radius 2 is 1.84 bits per heavy atom. The number of nitriles is 1. The van der Waals surface area contributed by atoms with E-state index in [-0.39, 0.29) is 35.4 Å². The summed E-state index contributed by atoms with van der Waals surface area (Å²) in [4.78, 5) is 27.1. The van der Waals surface area contributed by atoms with Gasteiger partial charge < -0.3 is 10.6 Å². The van der Waals surface area contributed by atoms with E-state index in [2.05, 4.69) is 0 Å². The lowest BCUT2D eigenvalue weighted by atomic mass is 10.0. The van der Waals surface area contributed by atoms with E-state index < -0.39 is 22.0 Å². The molecule has 0 fully saturated rings. The zero-order valence-electron chi connectivity index (χ0n) is 18.4. The Labute approximate surface area is 193 Å². The lowest BCUT2D eigenvalue weighted by Gasteiger charge is -2.31. The molecule has 2 rings (SSSR count). The second-order valence-corrected chi connectivity index (χ2v) is 10.8. The minimum absolute atomic E-state index is 0.0636. The van der Waals surface area contributed by atoms with Gasteiger partial charge in [0.2, 0.25) is 15.9 Å². The molecular formula is C22H28N4O4S2. The molecule has 0 unspecified atom stereocenters. The molecule has 0 aliphatic heterocycles. The van der Waals surface area contributed by atoms with Crippen LogP contribution in [0.1, 0.15) is 41.9 Å². The molecule has 0 saturated carbocycles. The quantitative estimate of drug-likeness (QED) is 0.534. The molecule has 0 bridgehead atoms.